The molecule has 4 rings (SSSR count). The Hall–Kier alpha value is -1.72. The van der Waals surface area contributed by atoms with Gasteiger partial charge in [0.25, 0.3) is 0 Å². The zero-order valence-corrected chi connectivity index (χ0v) is 17.5. The van der Waals surface area contributed by atoms with E-state index >= 15 is 0 Å². The van der Waals surface area contributed by atoms with Crippen LogP contribution in [0.1, 0.15) is 76.0 Å². The minimum atomic E-state index is -3.43. The molecule has 2 aromatic carbocycles. The molecule has 0 radical (unpaired) electrons. The van der Waals surface area contributed by atoms with E-state index in [1.54, 1.807) is 24.3 Å². The topological polar surface area (TPSA) is 86.2 Å². The number of carbonyl (C=O) groups excluding carboxylic acids is 2. The Kier molecular flexibility index (Phi) is 4.15. The second-order valence-electron chi connectivity index (χ2n) is 6.93. The van der Waals surface area contributed by atoms with Crippen molar-refractivity contribution in [2.45, 2.75) is 62.2 Å². The summed E-state index contributed by atoms with van der Waals surface area (Å²) in [5.74, 6) is -2.16. The van der Waals surface area contributed by atoms with Crippen LogP contribution in [0.3, 0.4) is 0 Å². The molecular weight excluding hydrogens is 419 g/mol. The molecule has 2 saturated carbocycles. The number of ketones is 2. The predicted molar refractivity (Wildman–Crippen MR) is 122 cm³/mol. The predicted octanol–water partition coefficient (Wildman–Crippen LogP) is 5.27. The van der Waals surface area contributed by atoms with Crippen LogP contribution >= 0.6 is 23.2 Å². The molecule has 2 fully saturated rings. The molecule has 0 heterocycles. The molecule has 0 spiro atoms. The second kappa shape index (κ2) is 9.61. The van der Waals surface area contributed by atoms with Crippen LogP contribution in [0.25, 0.3) is 0 Å². The standard InChI is InChI=1S/2C12H14ClNO/c2*13-10-6-2-1-5-9(10)12(14)8-4-3-7-11(12)15/h2*1-2,5-6H,3-4,7-8,14H2/i3D2,4D2,7D2,8D2;7D2. The third kappa shape index (κ3) is 4.62. The molecule has 2 aliphatic carbocycles. The van der Waals surface area contributed by atoms with E-state index in [1.807, 2.05) is 0 Å². The fourth-order valence-electron chi connectivity index (χ4n) is 3.26. The molecule has 6 heteroatoms. The zero-order valence-electron chi connectivity index (χ0n) is 26.0. The lowest BCUT2D eigenvalue weighted by molar-refractivity contribution is -0.127. The Morgan fingerprint density at radius 2 is 1.30 bits per heavy atom. The van der Waals surface area contributed by atoms with Gasteiger partial charge in [0.15, 0.2) is 11.6 Å². The molecule has 0 saturated heterocycles. The Morgan fingerprint density at radius 1 is 0.767 bits per heavy atom. The first-order valence-electron chi connectivity index (χ1n) is 14.2. The van der Waals surface area contributed by atoms with E-state index < -0.39 is 54.5 Å². The van der Waals surface area contributed by atoms with E-state index in [2.05, 4.69) is 0 Å². The maximum atomic E-state index is 12.6. The summed E-state index contributed by atoms with van der Waals surface area (Å²) >= 11 is 12.0. The van der Waals surface area contributed by atoms with Gasteiger partial charge in [-0.15, -0.1) is 0 Å². The summed E-state index contributed by atoms with van der Waals surface area (Å²) in [5, 5.41) is 0.280. The Balaban J connectivity index is 0.000000230. The molecule has 0 aliphatic heterocycles. The number of nitrogens with two attached hydrogens (primary N) is 2. The minimum Gasteiger partial charge on any atom is -0.315 e. The van der Waals surface area contributed by atoms with Crippen LogP contribution < -0.4 is 11.5 Å². The molecule has 4 N–H and O–H groups in total. The highest BCUT2D eigenvalue weighted by atomic mass is 35.5. The average molecular weight is 457 g/mol. The first-order chi connectivity index (χ1) is 18.0. The molecule has 2 atom stereocenters. The van der Waals surface area contributed by atoms with Crippen molar-refractivity contribution in [3.05, 3.63) is 69.7 Å². The molecule has 30 heavy (non-hydrogen) atoms. The van der Waals surface area contributed by atoms with Gasteiger partial charge in [0.2, 0.25) is 0 Å². The van der Waals surface area contributed by atoms with Gasteiger partial charge in [0.1, 0.15) is 11.1 Å². The van der Waals surface area contributed by atoms with Crippen LogP contribution in [0.4, 0.5) is 0 Å². The van der Waals surface area contributed by atoms with Crippen molar-refractivity contribution >= 4 is 34.8 Å². The smallest absolute Gasteiger partial charge is 0.157 e. The maximum absolute atomic E-state index is 12.6. The number of rotatable bonds is 2. The number of carbonyl (C=O) groups is 2. The largest absolute Gasteiger partial charge is 0.315 e. The van der Waals surface area contributed by atoms with Gasteiger partial charge in [-0.05, 0) is 48.8 Å². The summed E-state index contributed by atoms with van der Waals surface area (Å²) in [7, 11) is 0. The van der Waals surface area contributed by atoms with Crippen LogP contribution in [0, 0.1) is 0 Å². The highest BCUT2D eigenvalue weighted by Gasteiger charge is 2.39. The van der Waals surface area contributed by atoms with Gasteiger partial charge in [-0.2, -0.15) is 0 Å². The fraction of sp³-hybridized carbons (Fsp3) is 0.417. The summed E-state index contributed by atoms with van der Waals surface area (Å²) in [6.07, 6.45) is -14.0. The molecule has 0 amide bonds. The number of hydrogen-bond acceptors (Lipinski definition) is 4. The van der Waals surface area contributed by atoms with Gasteiger partial charge in [-0.3, -0.25) is 9.59 Å². The van der Waals surface area contributed by atoms with E-state index in [0.717, 1.165) is 0 Å². The molecule has 0 bridgehead atoms. The van der Waals surface area contributed by atoms with Crippen molar-refractivity contribution in [1.82, 2.24) is 0 Å². The highest BCUT2D eigenvalue weighted by Crippen LogP contribution is 2.36. The molecule has 2 aliphatic rings. The first kappa shape index (κ1) is 13.0. The third-order valence-corrected chi connectivity index (χ3v) is 5.61. The molecule has 0 aromatic heterocycles. The van der Waals surface area contributed by atoms with Crippen molar-refractivity contribution in [1.29, 1.82) is 0 Å². The van der Waals surface area contributed by atoms with Crippen LogP contribution in [-0.4, -0.2) is 11.6 Å². The van der Waals surface area contributed by atoms with Gasteiger partial charge < -0.3 is 11.5 Å². The zero-order chi connectivity index (χ0) is 30.7. The highest BCUT2D eigenvalue weighted by molar-refractivity contribution is 6.32. The minimum absolute atomic E-state index is 0.138. The van der Waals surface area contributed by atoms with Crippen molar-refractivity contribution in [2.24, 2.45) is 11.5 Å². The van der Waals surface area contributed by atoms with Gasteiger partial charge >= 0.3 is 0 Å². The van der Waals surface area contributed by atoms with E-state index in [1.165, 1.54) is 24.3 Å². The van der Waals surface area contributed by atoms with Gasteiger partial charge in [-0.25, -0.2) is 0 Å². The lowest BCUT2D eigenvalue weighted by atomic mass is 9.76. The van der Waals surface area contributed by atoms with Crippen molar-refractivity contribution in [3.8, 4) is 0 Å². The number of benzene rings is 2. The van der Waals surface area contributed by atoms with Crippen molar-refractivity contribution < 1.29 is 23.3 Å². The lowest BCUT2D eigenvalue weighted by Gasteiger charge is -2.32. The molecule has 160 valence electrons. The number of Topliss-reactive ketones (excluding diaryl/α,β-unsaturated/α-hetero) is 2. The van der Waals surface area contributed by atoms with Gasteiger partial charge in [-0.1, -0.05) is 72.4 Å². The Labute approximate surface area is 202 Å². The van der Waals surface area contributed by atoms with E-state index in [0.29, 0.717) is 23.4 Å². The van der Waals surface area contributed by atoms with Crippen LogP contribution in [0.5, 0.6) is 0 Å². The van der Waals surface area contributed by atoms with Crippen LogP contribution in [0.15, 0.2) is 48.5 Å². The second-order valence-corrected chi connectivity index (χ2v) is 7.74. The maximum Gasteiger partial charge on any atom is 0.157 e. The fourth-order valence-corrected chi connectivity index (χ4v) is 3.85. The van der Waals surface area contributed by atoms with Crippen molar-refractivity contribution in [2.75, 3.05) is 0 Å². The molecule has 4 nitrogen and oxygen atoms in total. The van der Waals surface area contributed by atoms with Gasteiger partial charge in [0.05, 0.1) is 0 Å². The monoisotopic (exact) mass is 456 g/mol. The SMILES string of the molecule is [2H]C1([2H])C(=O)C(N)(c2ccccc2Cl)C([2H])([2H])C([2H])([2H])C1([2H])[2H].[2H]C1([2H])CCCC(N)(c2ccccc2Cl)C1=O. The van der Waals surface area contributed by atoms with E-state index in [-0.39, 0.29) is 17.0 Å². The normalized spacial score (nSPS) is 40.0. The summed E-state index contributed by atoms with van der Waals surface area (Å²) in [4.78, 5) is 24.8. The van der Waals surface area contributed by atoms with Crippen LogP contribution in [0.2, 0.25) is 10.0 Å². The molecular formula is C24H28Cl2N2O2. The van der Waals surface area contributed by atoms with Crippen LogP contribution in [-0.2, 0) is 20.7 Å². The molecule has 2 aromatic rings. The summed E-state index contributed by atoms with van der Waals surface area (Å²) in [6.45, 7) is 0. The Morgan fingerprint density at radius 3 is 1.90 bits per heavy atom. The third-order valence-electron chi connectivity index (χ3n) is 4.95. The Bertz CT molecular complexity index is 1340. The first-order valence-corrected chi connectivity index (χ1v) is 9.98. The number of halogens is 2. The summed E-state index contributed by atoms with van der Waals surface area (Å²) in [6, 6.07) is 12.3. The van der Waals surface area contributed by atoms with Crippen molar-refractivity contribution in [3.63, 3.8) is 0 Å². The molecule has 2 unspecified atom stereocenters. The average Bonchev–Trinajstić information content (AvgIpc) is 2.86. The van der Waals surface area contributed by atoms with E-state index in [9.17, 15) is 9.59 Å². The lowest BCUT2D eigenvalue weighted by Crippen LogP contribution is -2.47. The summed E-state index contributed by atoms with van der Waals surface area (Å²) < 4.78 is 78.1. The quantitative estimate of drug-likeness (QED) is 0.643. The van der Waals surface area contributed by atoms with E-state index in [4.69, 9.17) is 48.4 Å². The van der Waals surface area contributed by atoms with Gasteiger partial charge in [0, 0.05) is 36.5 Å². The number of hydrogen-bond donors (Lipinski definition) is 2. The summed E-state index contributed by atoms with van der Waals surface area (Å²) in [5.41, 5.74) is 8.20.